The Balaban J connectivity index is 0.000000189. The van der Waals surface area contributed by atoms with E-state index < -0.39 is 5.97 Å². The summed E-state index contributed by atoms with van der Waals surface area (Å²) < 4.78 is 8.82. The van der Waals surface area contributed by atoms with Crippen molar-refractivity contribution in [1.29, 1.82) is 0 Å². The van der Waals surface area contributed by atoms with Crippen molar-refractivity contribution >= 4 is 38.5 Å². The number of fused-ring (bicyclic) bond motifs is 3. The van der Waals surface area contributed by atoms with Crippen LogP contribution in [0.25, 0.3) is 15.2 Å². The van der Waals surface area contributed by atoms with Crippen LogP contribution in [0.3, 0.4) is 0 Å². The fourth-order valence-electron chi connectivity index (χ4n) is 4.20. The third-order valence-electron chi connectivity index (χ3n) is 6.22. The van der Waals surface area contributed by atoms with E-state index in [1.165, 1.54) is 10.2 Å². The molecule has 1 saturated carbocycles. The topological polar surface area (TPSA) is 107 Å². The number of carbonyl (C=O) groups excluding carboxylic acids is 1. The van der Waals surface area contributed by atoms with Gasteiger partial charge in [-0.1, -0.05) is 35.6 Å². The highest BCUT2D eigenvalue weighted by Gasteiger charge is 2.27. The number of nitrogens with zero attached hydrogens (tertiary/aromatic N) is 2. The number of para-hydroxylation sites is 1. The van der Waals surface area contributed by atoms with Crippen LogP contribution >= 0.6 is 11.3 Å². The number of benzene rings is 2. The van der Waals surface area contributed by atoms with Crippen LogP contribution in [0.4, 0.5) is 0 Å². The molecule has 3 N–H and O–H groups in total. The Morgan fingerprint density at radius 1 is 1.09 bits per heavy atom. The summed E-state index contributed by atoms with van der Waals surface area (Å²) in [6, 6.07) is 15.4. The number of aromatic nitrogens is 2. The van der Waals surface area contributed by atoms with Crippen molar-refractivity contribution in [1.82, 2.24) is 9.38 Å². The lowest BCUT2D eigenvalue weighted by Gasteiger charge is -2.26. The normalized spacial score (nSPS) is 17.8. The standard InChI is InChI=1S/C17H23NO4.C9H6N2S/c18-11-13-1-6-14(7-2-13)17(21)22-15-8-3-12(4-9-15)5-10-16(19)20;1-2-4-8-7(3-1)11-6-5-10-9(11)12-8/h3-4,8-9,13-14H,1-2,5-7,10-11,18H2,(H,19,20);1-6H. The fourth-order valence-corrected chi connectivity index (χ4v) is 5.18. The van der Waals surface area contributed by atoms with E-state index in [1.807, 2.05) is 12.4 Å². The molecule has 1 aliphatic carbocycles. The predicted molar refractivity (Wildman–Crippen MR) is 133 cm³/mol. The van der Waals surface area contributed by atoms with E-state index in [1.54, 1.807) is 35.6 Å². The molecule has 4 aromatic rings. The summed E-state index contributed by atoms with van der Waals surface area (Å²) in [5.41, 5.74) is 7.82. The minimum atomic E-state index is -0.816. The number of hydrogen-bond donors (Lipinski definition) is 2. The van der Waals surface area contributed by atoms with Crippen molar-refractivity contribution in [2.24, 2.45) is 17.6 Å². The zero-order valence-electron chi connectivity index (χ0n) is 18.9. The second-order valence-electron chi connectivity index (χ2n) is 8.56. The molecule has 5 rings (SSSR count). The number of carbonyl (C=O) groups is 2. The maximum Gasteiger partial charge on any atom is 0.314 e. The SMILES string of the molecule is NCC1CCC(C(=O)Oc2ccc(CCC(=O)O)cc2)CC1.c1ccc2c(c1)sc1nccn12. The zero-order valence-corrected chi connectivity index (χ0v) is 19.7. The Bertz CT molecular complexity index is 1240. The number of thiazole rings is 1. The van der Waals surface area contributed by atoms with Gasteiger partial charge in [-0.05, 0) is 74.4 Å². The number of rotatable bonds is 6. The Labute approximate surface area is 202 Å². The van der Waals surface area contributed by atoms with Crippen LogP contribution in [0.5, 0.6) is 5.75 Å². The van der Waals surface area contributed by atoms with E-state index in [0.29, 0.717) is 24.6 Å². The number of imidazole rings is 1. The Hall–Kier alpha value is -3.23. The molecule has 34 heavy (non-hydrogen) atoms. The molecule has 1 fully saturated rings. The highest BCUT2D eigenvalue weighted by Crippen LogP contribution is 2.29. The summed E-state index contributed by atoms with van der Waals surface area (Å²) in [4.78, 5) is 28.0. The molecule has 0 amide bonds. The smallest absolute Gasteiger partial charge is 0.314 e. The van der Waals surface area contributed by atoms with Gasteiger partial charge in [0.15, 0.2) is 4.96 Å². The molecule has 178 valence electrons. The molecule has 2 aromatic heterocycles. The lowest BCUT2D eigenvalue weighted by atomic mass is 9.82. The van der Waals surface area contributed by atoms with Gasteiger partial charge in [-0.25, -0.2) is 4.98 Å². The summed E-state index contributed by atoms with van der Waals surface area (Å²) in [5.74, 6) is 0.0365. The summed E-state index contributed by atoms with van der Waals surface area (Å²) >= 11 is 1.72. The monoisotopic (exact) mass is 479 g/mol. The van der Waals surface area contributed by atoms with Crippen LogP contribution in [-0.2, 0) is 16.0 Å². The van der Waals surface area contributed by atoms with Crippen LogP contribution in [0.1, 0.15) is 37.7 Å². The molecule has 0 bridgehead atoms. The largest absolute Gasteiger partial charge is 0.481 e. The quantitative estimate of drug-likeness (QED) is 0.300. The van der Waals surface area contributed by atoms with Crippen molar-refractivity contribution in [3.05, 3.63) is 66.5 Å². The second kappa shape index (κ2) is 11.3. The molecule has 0 saturated heterocycles. The molecule has 0 unspecified atom stereocenters. The van der Waals surface area contributed by atoms with Gasteiger partial charge in [0.1, 0.15) is 5.75 Å². The number of hydrogen-bond acceptors (Lipinski definition) is 6. The molecule has 2 aromatic carbocycles. The van der Waals surface area contributed by atoms with E-state index in [0.717, 1.165) is 36.2 Å². The number of aryl methyl sites for hydroxylation is 1. The minimum Gasteiger partial charge on any atom is -0.481 e. The van der Waals surface area contributed by atoms with Crippen LogP contribution < -0.4 is 10.5 Å². The zero-order chi connectivity index (χ0) is 23.9. The van der Waals surface area contributed by atoms with Gasteiger partial charge in [0, 0.05) is 18.8 Å². The van der Waals surface area contributed by atoms with Gasteiger partial charge in [-0.15, -0.1) is 0 Å². The van der Waals surface area contributed by atoms with Gasteiger partial charge in [0.25, 0.3) is 0 Å². The number of carboxylic acid groups (broad SMARTS) is 1. The summed E-state index contributed by atoms with van der Waals surface area (Å²) in [6.07, 6.45) is 8.08. The Morgan fingerprint density at radius 3 is 2.53 bits per heavy atom. The average Bonchev–Trinajstić information content (AvgIpc) is 3.46. The van der Waals surface area contributed by atoms with Gasteiger partial charge in [0.2, 0.25) is 0 Å². The van der Waals surface area contributed by atoms with E-state index >= 15 is 0 Å². The molecule has 1 aliphatic rings. The van der Waals surface area contributed by atoms with Crippen LogP contribution in [0, 0.1) is 11.8 Å². The summed E-state index contributed by atoms with van der Waals surface area (Å²) in [7, 11) is 0. The molecule has 8 heteroatoms. The van der Waals surface area contributed by atoms with Crippen molar-refractivity contribution in [3.63, 3.8) is 0 Å². The average molecular weight is 480 g/mol. The van der Waals surface area contributed by atoms with Gasteiger partial charge < -0.3 is 15.6 Å². The third-order valence-corrected chi connectivity index (χ3v) is 7.27. The van der Waals surface area contributed by atoms with E-state index in [-0.39, 0.29) is 18.3 Å². The number of carboxylic acids is 1. The molecule has 7 nitrogen and oxygen atoms in total. The van der Waals surface area contributed by atoms with E-state index in [2.05, 4.69) is 33.7 Å². The third kappa shape index (κ3) is 6.01. The number of aliphatic carboxylic acids is 1. The molecule has 0 radical (unpaired) electrons. The highest BCUT2D eigenvalue weighted by atomic mass is 32.1. The van der Waals surface area contributed by atoms with Gasteiger partial charge in [-0.2, -0.15) is 0 Å². The van der Waals surface area contributed by atoms with Gasteiger partial charge in [-0.3, -0.25) is 14.0 Å². The number of nitrogens with two attached hydrogens (primary N) is 1. The van der Waals surface area contributed by atoms with E-state index in [4.69, 9.17) is 15.6 Å². The van der Waals surface area contributed by atoms with Crippen molar-refractivity contribution in [3.8, 4) is 5.75 Å². The molecule has 0 aliphatic heterocycles. The number of esters is 1. The first-order chi connectivity index (χ1) is 16.5. The van der Waals surface area contributed by atoms with Gasteiger partial charge in [0.05, 0.1) is 16.1 Å². The van der Waals surface area contributed by atoms with Crippen LogP contribution in [0.15, 0.2) is 60.9 Å². The maximum atomic E-state index is 12.1. The molecular formula is C26H29N3O4S. The first-order valence-electron chi connectivity index (χ1n) is 11.6. The lowest BCUT2D eigenvalue weighted by molar-refractivity contribution is -0.140. The Kier molecular flexibility index (Phi) is 7.92. The predicted octanol–water partition coefficient (Wildman–Crippen LogP) is 4.92. The minimum absolute atomic E-state index is 0.0329. The maximum absolute atomic E-state index is 12.1. The molecular weight excluding hydrogens is 450 g/mol. The lowest BCUT2D eigenvalue weighted by Crippen LogP contribution is -2.28. The van der Waals surface area contributed by atoms with Crippen LogP contribution in [0.2, 0.25) is 0 Å². The summed E-state index contributed by atoms with van der Waals surface area (Å²) in [5, 5.41) is 8.65. The number of ether oxygens (including phenoxy) is 1. The van der Waals surface area contributed by atoms with E-state index in [9.17, 15) is 9.59 Å². The summed E-state index contributed by atoms with van der Waals surface area (Å²) in [6.45, 7) is 0.694. The van der Waals surface area contributed by atoms with Crippen molar-refractivity contribution < 1.29 is 19.4 Å². The van der Waals surface area contributed by atoms with Crippen LogP contribution in [-0.4, -0.2) is 33.0 Å². The molecule has 0 atom stereocenters. The first kappa shape index (κ1) is 23.9. The van der Waals surface area contributed by atoms with Crippen molar-refractivity contribution in [2.45, 2.75) is 38.5 Å². The molecule has 2 heterocycles. The van der Waals surface area contributed by atoms with Crippen molar-refractivity contribution in [2.75, 3.05) is 6.54 Å². The molecule has 0 spiro atoms. The Morgan fingerprint density at radius 2 is 1.82 bits per heavy atom. The van der Waals surface area contributed by atoms with Gasteiger partial charge >= 0.3 is 11.9 Å². The second-order valence-corrected chi connectivity index (χ2v) is 9.57. The first-order valence-corrected chi connectivity index (χ1v) is 12.4. The fraction of sp³-hybridized carbons (Fsp3) is 0.346. The highest BCUT2D eigenvalue weighted by molar-refractivity contribution is 7.23.